The average molecular weight is 262 g/mol. The lowest BCUT2D eigenvalue weighted by Gasteiger charge is -2.04. The molecule has 94 valence electrons. The summed E-state index contributed by atoms with van der Waals surface area (Å²) in [5.41, 5.74) is -0.609. The van der Waals surface area contributed by atoms with Crippen LogP contribution in [0.4, 0.5) is 13.2 Å². The largest absolute Gasteiger partial charge is 0.417 e. The predicted molar refractivity (Wildman–Crippen MR) is 61.6 cm³/mol. The van der Waals surface area contributed by atoms with Gasteiger partial charge in [-0.3, -0.25) is 0 Å². The number of thiophene rings is 1. The van der Waals surface area contributed by atoms with Crippen LogP contribution in [-0.4, -0.2) is 6.61 Å². The number of alkyl halides is 3. The van der Waals surface area contributed by atoms with E-state index in [1.54, 1.807) is 6.92 Å². The molecule has 1 nitrogen and oxygen atoms in total. The standard InChI is InChI=1S/C12H13F3OS/c1-3-4-9(2)6-16-7-11-5-10(8-17-11)12(13,14)15/h5,8-9H,6-7H2,1-2H3. The second-order valence-electron chi connectivity index (χ2n) is 3.61. The average Bonchev–Trinajstić information content (AvgIpc) is 2.66. The van der Waals surface area contributed by atoms with Crippen LogP contribution in [0.5, 0.6) is 0 Å². The number of hydrogen-bond donors (Lipinski definition) is 0. The van der Waals surface area contributed by atoms with Crippen molar-refractivity contribution in [3.63, 3.8) is 0 Å². The lowest BCUT2D eigenvalue weighted by Crippen LogP contribution is -2.04. The van der Waals surface area contributed by atoms with E-state index in [9.17, 15) is 13.2 Å². The molecule has 0 saturated heterocycles. The van der Waals surface area contributed by atoms with E-state index in [4.69, 9.17) is 4.74 Å². The molecule has 0 radical (unpaired) electrons. The van der Waals surface area contributed by atoms with E-state index in [0.29, 0.717) is 11.5 Å². The van der Waals surface area contributed by atoms with Crippen molar-refractivity contribution in [1.82, 2.24) is 0 Å². The number of halogens is 3. The Bertz CT molecular complexity index is 411. The molecule has 5 heteroatoms. The highest BCUT2D eigenvalue weighted by molar-refractivity contribution is 7.10. The number of ether oxygens (including phenoxy) is 1. The van der Waals surface area contributed by atoms with Crippen molar-refractivity contribution in [2.75, 3.05) is 6.61 Å². The summed E-state index contributed by atoms with van der Waals surface area (Å²) in [6.45, 7) is 4.29. The van der Waals surface area contributed by atoms with Gasteiger partial charge in [-0.1, -0.05) is 5.92 Å². The molecule has 1 unspecified atom stereocenters. The first-order chi connectivity index (χ1) is 7.93. The van der Waals surface area contributed by atoms with E-state index in [0.717, 1.165) is 22.8 Å². The van der Waals surface area contributed by atoms with Crippen molar-refractivity contribution < 1.29 is 17.9 Å². The first kappa shape index (κ1) is 14.1. The maximum atomic E-state index is 12.3. The summed E-state index contributed by atoms with van der Waals surface area (Å²) in [5.74, 6) is 5.77. The molecule has 0 N–H and O–H groups in total. The van der Waals surface area contributed by atoms with Crippen molar-refractivity contribution in [2.45, 2.75) is 26.6 Å². The Morgan fingerprint density at radius 1 is 1.47 bits per heavy atom. The zero-order chi connectivity index (χ0) is 12.9. The molecule has 0 amide bonds. The van der Waals surface area contributed by atoms with Gasteiger partial charge in [0, 0.05) is 16.2 Å². The maximum absolute atomic E-state index is 12.3. The highest BCUT2D eigenvalue weighted by atomic mass is 32.1. The van der Waals surface area contributed by atoms with Crippen LogP contribution in [0.3, 0.4) is 0 Å². The Balaban J connectivity index is 2.42. The van der Waals surface area contributed by atoms with Crippen molar-refractivity contribution in [2.24, 2.45) is 5.92 Å². The molecule has 0 aliphatic carbocycles. The summed E-state index contributed by atoms with van der Waals surface area (Å²) in [6.07, 6.45) is -4.27. The first-order valence-corrected chi connectivity index (χ1v) is 5.96. The smallest absolute Gasteiger partial charge is 0.375 e. The Labute approximate surface area is 103 Å². The monoisotopic (exact) mass is 262 g/mol. The summed E-state index contributed by atoms with van der Waals surface area (Å²) in [5, 5.41) is 1.11. The zero-order valence-electron chi connectivity index (χ0n) is 9.60. The van der Waals surface area contributed by atoms with Gasteiger partial charge in [0.05, 0.1) is 18.8 Å². The third-order valence-electron chi connectivity index (χ3n) is 1.98. The van der Waals surface area contributed by atoms with Crippen LogP contribution in [0.1, 0.15) is 24.3 Å². The van der Waals surface area contributed by atoms with Crippen LogP contribution in [-0.2, 0) is 17.5 Å². The van der Waals surface area contributed by atoms with Crippen molar-refractivity contribution in [1.29, 1.82) is 0 Å². The van der Waals surface area contributed by atoms with Gasteiger partial charge in [-0.25, -0.2) is 0 Å². The van der Waals surface area contributed by atoms with Gasteiger partial charge in [0.15, 0.2) is 0 Å². The Morgan fingerprint density at radius 2 is 2.18 bits per heavy atom. The second kappa shape index (κ2) is 6.08. The van der Waals surface area contributed by atoms with Gasteiger partial charge in [0.1, 0.15) is 0 Å². The van der Waals surface area contributed by atoms with E-state index in [2.05, 4.69) is 11.8 Å². The van der Waals surface area contributed by atoms with Gasteiger partial charge in [0.25, 0.3) is 0 Å². The van der Waals surface area contributed by atoms with Crippen LogP contribution in [0, 0.1) is 17.8 Å². The Hall–Kier alpha value is -0.990. The molecule has 1 heterocycles. The van der Waals surface area contributed by atoms with E-state index in [1.807, 2.05) is 6.92 Å². The first-order valence-electron chi connectivity index (χ1n) is 5.08. The van der Waals surface area contributed by atoms with E-state index < -0.39 is 11.7 Å². The third-order valence-corrected chi connectivity index (χ3v) is 2.89. The summed E-state index contributed by atoms with van der Waals surface area (Å²) in [4.78, 5) is 0.578. The van der Waals surface area contributed by atoms with Gasteiger partial charge >= 0.3 is 6.18 Å². The van der Waals surface area contributed by atoms with Gasteiger partial charge in [-0.2, -0.15) is 13.2 Å². The minimum absolute atomic E-state index is 0.0991. The van der Waals surface area contributed by atoms with E-state index in [1.165, 1.54) is 0 Å². The van der Waals surface area contributed by atoms with Gasteiger partial charge in [-0.05, 0) is 19.9 Å². The summed E-state index contributed by atoms with van der Waals surface area (Å²) in [6, 6.07) is 1.13. The second-order valence-corrected chi connectivity index (χ2v) is 4.61. The molecular weight excluding hydrogens is 249 g/mol. The lowest BCUT2D eigenvalue weighted by atomic mass is 10.2. The highest BCUT2D eigenvalue weighted by Crippen LogP contribution is 2.32. The fourth-order valence-corrected chi connectivity index (χ4v) is 2.06. The van der Waals surface area contributed by atoms with Gasteiger partial charge < -0.3 is 4.74 Å². The maximum Gasteiger partial charge on any atom is 0.417 e. The number of hydrogen-bond acceptors (Lipinski definition) is 2. The predicted octanol–water partition coefficient (Wildman–Crippen LogP) is 3.94. The van der Waals surface area contributed by atoms with E-state index in [-0.39, 0.29) is 12.5 Å². The Morgan fingerprint density at radius 3 is 2.71 bits per heavy atom. The van der Waals surface area contributed by atoms with Crippen molar-refractivity contribution in [3.8, 4) is 11.8 Å². The van der Waals surface area contributed by atoms with Crippen LogP contribution in [0.25, 0.3) is 0 Å². The summed E-state index contributed by atoms with van der Waals surface area (Å²) < 4.78 is 42.2. The minimum atomic E-state index is -4.27. The molecule has 1 aromatic heterocycles. The SMILES string of the molecule is CC#CC(C)COCc1cc(C(F)(F)F)cs1. The molecule has 0 aromatic carbocycles. The van der Waals surface area contributed by atoms with Crippen LogP contribution < -0.4 is 0 Å². The molecule has 0 aliphatic heterocycles. The molecule has 1 aromatic rings. The quantitative estimate of drug-likeness (QED) is 0.747. The normalized spacial score (nSPS) is 13.0. The molecule has 0 fully saturated rings. The lowest BCUT2D eigenvalue weighted by molar-refractivity contribution is -0.137. The topological polar surface area (TPSA) is 9.23 Å². The molecular formula is C12H13F3OS. The fraction of sp³-hybridized carbons (Fsp3) is 0.500. The zero-order valence-corrected chi connectivity index (χ0v) is 10.4. The fourth-order valence-electron chi connectivity index (χ4n) is 1.23. The van der Waals surface area contributed by atoms with Gasteiger partial charge in [0.2, 0.25) is 0 Å². The van der Waals surface area contributed by atoms with Crippen molar-refractivity contribution in [3.05, 3.63) is 21.9 Å². The molecule has 1 atom stereocenters. The Kier molecular flexibility index (Phi) is 5.03. The molecule has 0 bridgehead atoms. The summed E-state index contributed by atoms with van der Waals surface area (Å²) in [7, 11) is 0. The van der Waals surface area contributed by atoms with E-state index >= 15 is 0 Å². The molecule has 0 saturated carbocycles. The number of rotatable bonds is 4. The summed E-state index contributed by atoms with van der Waals surface area (Å²) >= 11 is 1.06. The molecule has 0 spiro atoms. The molecule has 0 aliphatic rings. The third kappa shape index (κ3) is 4.80. The van der Waals surface area contributed by atoms with Crippen LogP contribution in [0.2, 0.25) is 0 Å². The van der Waals surface area contributed by atoms with Gasteiger partial charge in [-0.15, -0.1) is 17.3 Å². The molecule has 1 rings (SSSR count). The highest BCUT2D eigenvalue weighted by Gasteiger charge is 2.31. The van der Waals surface area contributed by atoms with Crippen LogP contribution in [0.15, 0.2) is 11.4 Å². The molecule has 17 heavy (non-hydrogen) atoms. The minimum Gasteiger partial charge on any atom is -0.375 e. The van der Waals surface area contributed by atoms with Crippen molar-refractivity contribution >= 4 is 11.3 Å². The van der Waals surface area contributed by atoms with Crippen LogP contribution >= 0.6 is 11.3 Å².